The van der Waals surface area contributed by atoms with Gasteiger partial charge in [0.25, 0.3) is 11.5 Å². The molecule has 10 heteroatoms. The minimum absolute atomic E-state index is 0.0357. The van der Waals surface area contributed by atoms with E-state index in [1.165, 1.54) is 0 Å². The van der Waals surface area contributed by atoms with Crippen molar-refractivity contribution < 1.29 is 9.53 Å². The molecule has 31 heavy (non-hydrogen) atoms. The number of thiazole rings is 1. The molecule has 0 unspecified atom stereocenters. The van der Waals surface area contributed by atoms with E-state index in [4.69, 9.17) is 17.0 Å². The number of hydrogen-bond acceptors (Lipinski definition) is 7. The summed E-state index contributed by atoms with van der Waals surface area (Å²) in [5.74, 6) is -0.0357. The van der Waals surface area contributed by atoms with E-state index >= 15 is 0 Å². The van der Waals surface area contributed by atoms with Gasteiger partial charge in [-0.1, -0.05) is 0 Å². The highest BCUT2D eigenvalue weighted by molar-refractivity contribution is 7.71. The molecule has 3 heterocycles. The predicted octanol–water partition coefficient (Wildman–Crippen LogP) is 2.90. The molecule has 0 saturated carbocycles. The van der Waals surface area contributed by atoms with Gasteiger partial charge in [-0.3, -0.25) is 14.2 Å². The Morgan fingerprint density at radius 3 is 2.94 bits per heavy atom. The van der Waals surface area contributed by atoms with Crippen LogP contribution in [0.2, 0.25) is 0 Å². The van der Waals surface area contributed by atoms with Crippen LogP contribution in [-0.2, 0) is 11.3 Å². The van der Waals surface area contributed by atoms with Crippen LogP contribution in [-0.4, -0.2) is 65.2 Å². The number of nitrogens with zero attached hydrogens (tertiary/aromatic N) is 4. The van der Waals surface area contributed by atoms with E-state index in [2.05, 4.69) is 14.9 Å². The average molecular weight is 460 g/mol. The van der Waals surface area contributed by atoms with Crippen LogP contribution in [0.3, 0.4) is 0 Å². The molecular weight excluding hydrogens is 434 g/mol. The van der Waals surface area contributed by atoms with Crippen molar-refractivity contribution in [1.82, 2.24) is 19.4 Å². The van der Waals surface area contributed by atoms with E-state index in [1.807, 2.05) is 10.3 Å². The summed E-state index contributed by atoms with van der Waals surface area (Å²) in [7, 11) is 1.63. The maximum Gasteiger partial charge on any atom is 0.262 e. The number of rotatable bonds is 6. The summed E-state index contributed by atoms with van der Waals surface area (Å²) in [6.45, 7) is 4.00. The van der Waals surface area contributed by atoms with Gasteiger partial charge in [-0.2, -0.15) is 0 Å². The van der Waals surface area contributed by atoms with Crippen LogP contribution in [0.5, 0.6) is 0 Å². The van der Waals surface area contributed by atoms with Crippen molar-refractivity contribution in [3.63, 3.8) is 0 Å². The molecule has 1 fully saturated rings. The van der Waals surface area contributed by atoms with Crippen LogP contribution in [0.25, 0.3) is 10.9 Å². The third-order valence-corrected chi connectivity index (χ3v) is 6.59. The molecular formula is C21H25N5O3S2. The summed E-state index contributed by atoms with van der Waals surface area (Å²) in [6, 6.07) is 5.17. The van der Waals surface area contributed by atoms with Gasteiger partial charge in [0.1, 0.15) is 0 Å². The van der Waals surface area contributed by atoms with E-state index in [0.29, 0.717) is 53.9 Å². The zero-order valence-electron chi connectivity index (χ0n) is 17.4. The second-order valence-electron chi connectivity index (χ2n) is 7.44. The average Bonchev–Trinajstić information content (AvgIpc) is 3.20. The quantitative estimate of drug-likeness (QED) is 0.451. The summed E-state index contributed by atoms with van der Waals surface area (Å²) in [6.07, 6.45) is 3.38. The first-order valence-corrected chi connectivity index (χ1v) is 11.6. The number of nitrogens with one attached hydrogen (secondary N) is 1. The Morgan fingerprint density at radius 1 is 1.29 bits per heavy atom. The van der Waals surface area contributed by atoms with E-state index in [9.17, 15) is 9.59 Å². The standard InChI is InChI=1S/C21H25N5O3S2/c1-29-12-3-9-26-19(28)16-5-4-15(14-17(16)23-20(26)30)18(27)24-7-2-8-25(11-10-24)21-22-6-13-31-21/h4-6,13-14H,2-3,7-12H2,1H3,(H,23,30). The minimum Gasteiger partial charge on any atom is -0.385 e. The number of amides is 1. The molecule has 1 aromatic carbocycles. The van der Waals surface area contributed by atoms with Gasteiger partial charge in [-0.15, -0.1) is 11.3 Å². The number of hydrogen-bond donors (Lipinski definition) is 1. The van der Waals surface area contributed by atoms with Crippen molar-refractivity contribution in [2.75, 3.05) is 44.8 Å². The lowest BCUT2D eigenvalue weighted by molar-refractivity contribution is 0.0767. The van der Waals surface area contributed by atoms with Gasteiger partial charge in [0.05, 0.1) is 10.9 Å². The Labute approximate surface area is 189 Å². The second-order valence-corrected chi connectivity index (χ2v) is 8.70. The molecule has 1 N–H and O–H groups in total. The third kappa shape index (κ3) is 4.70. The molecule has 1 aliphatic rings. The van der Waals surface area contributed by atoms with E-state index in [0.717, 1.165) is 24.6 Å². The van der Waals surface area contributed by atoms with Crippen molar-refractivity contribution in [2.45, 2.75) is 19.4 Å². The second kappa shape index (κ2) is 9.71. The number of anilines is 1. The molecule has 3 aromatic rings. The van der Waals surface area contributed by atoms with E-state index in [-0.39, 0.29) is 11.5 Å². The molecule has 4 rings (SSSR count). The number of carbonyl (C=O) groups is 1. The summed E-state index contributed by atoms with van der Waals surface area (Å²) >= 11 is 7.00. The molecule has 0 spiro atoms. The van der Waals surface area contributed by atoms with Gasteiger partial charge in [-0.05, 0) is 43.3 Å². The highest BCUT2D eigenvalue weighted by Gasteiger charge is 2.22. The number of methoxy groups -OCH3 is 1. The number of fused-ring (bicyclic) bond motifs is 1. The smallest absolute Gasteiger partial charge is 0.262 e. The predicted molar refractivity (Wildman–Crippen MR) is 125 cm³/mol. The van der Waals surface area contributed by atoms with Crippen molar-refractivity contribution in [1.29, 1.82) is 0 Å². The molecule has 0 aliphatic carbocycles. The Morgan fingerprint density at radius 2 is 2.16 bits per heavy atom. The highest BCUT2D eigenvalue weighted by atomic mass is 32.1. The van der Waals surface area contributed by atoms with Crippen LogP contribution < -0.4 is 10.5 Å². The van der Waals surface area contributed by atoms with Crippen molar-refractivity contribution in [3.05, 3.63) is 50.5 Å². The summed E-state index contributed by atoms with van der Waals surface area (Å²) in [5.41, 5.74) is 0.989. The lowest BCUT2D eigenvalue weighted by Gasteiger charge is -2.22. The maximum atomic E-state index is 13.2. The van der Waals surface area contributed by atoms with E-state index < -0.39 is 0 Å². The first kappa shape index (κ1) is 21.7. The fraction of sp³-hybridized carbons (Fsp3) is 0.429. The van der Waals surface area contributed by atoms with Crippen molar-refractivity contribution in [2.24, 2.45) is 0 Å². The number of aromatic nitrogens is 3. The molecule has 1 amide bonds. The molecule has 1 saturated heterocycles. The van der Waals surface area contributed by atoms with Gasteiger partial charge in [0.2, 0.25) is 0 Å². The van der Waals surface area contributed by atoms with Gasteiger partial charge in [0, 0.05) is 63.6 Å². The third-order valence-electron chi connectivity index (χ3n) is 5.43. The lowest BCUT2D eigenvalue weighted by Crippen LogP contribution is -2.35. The van der Waals surface area contributed by atoms with Crippen molar-refractivity contribution in [3.8, 4) is 0 Å². The number of carbonyl (C=O) groups excluding carboxylic acids is 1. The molecule has 164 valence electrons. The van der Waals surface area contributed by atoms with Gasteiger partial charge < -0.3 is 19.5 Å². The van der Waals surface area contributed by atoms with Crippen molar-refractivity contribution >= 4 is 45.5 Å². The number of H-pyrrole nitrogens is 1. The van der Waals surface area contributed by atoms with Crippen LogP contribution in [0.4, 0.5) is 5.13 Å². The highest BCUT2D eigenvalue weighted by Crippen LogP contribution is 2.20. The van der Waals surface area contributed by atoms with Gasteiger partial charge >= 0.3 is 0 Å². The monoisotopic (exact) mass is 459 g/mol. The van der Waals surface area contributed by atoms with Crippen LogP contribution in [0.1, 0.15) is 23.2 Å². The number of ether oxygens (including phenoxy) is 1. The summed E-state index contributed by atoms with van der Waals surface area (Å²) in [5, 5.41) is 3.48. The van der Waals surface area contributed by atoms with Crippen LogP contribution in [0, 0.1) is 4.77 Å². The zero-order valence-corrected chi connectivity index (χ0v) is 19.0. The fourth-order valence-corrected chi connectivity index (χ4v) is 4.81. The Hall–Kier alpha value is -2.56. The van der Waals surface area contributed by atoms with E-state index in [1.54, 1.807) is 47.4 Å². The fourth-order valence-electron chi connectivity index (χ4n) is 3.82. The first-order chi connectivity index (χ1) is 15.1. The number of benzene rings is 1. The summed E-state index contributed by atoms with van der Waals surface area (Å²) in [4.78, 5) is 37.6. The largest absolute Gasteiger partial charge is 0.385 e. The topological polar surface area (TPSA) is 83.5 Å². The van der Waals surface area contributed by atoms with Crippen LogP contribution in [0.15, 0.2) is 34.6 Å². The zero-order chi connectivity index (χ0) is 21.8. The van der Waals surface area contributed by atoms with Gasteiger partial charge in [0.15, 0.2) is 9.90 Å². The SMILES string of the molecule is COCCCn1c(=S)[nH]c2cc(C(=O)N3CCCN(c4nccs4)CC3)ccc2c1=O. The first-order valence-electron chi connectivity index (χ1n) is 10.3. The Kier molecular flexibility index (Phi) is 6.79. The molecule has 0 atom stereocenters. The van der Waals surface area contributed by atoms with Crippen LogP contribution >= 0.6 is 23.6 Å². The minimum atomic E-state index is -0.150. The summed E-state index contributed by atoms with van der Waals surface area (Å²) < 4.78 is 6.95. The lowest BCUT2D eigenvalue weighted by atomic mass is 10.1. The van der Waals surface area contributed by atoms with Gasteiger partial charge in [-0.25, -0.2) is 4.98 Å². The molecule has 0 bridgehead atoms. The Balaban J connectivity index is 1.54. The normalized spacial score (nSPS) is 14.7. The molecule has 2 aromatic heterocycles. The Bertz CT molecular complexity index is 1170. The molecule has 8 nitrogen and oxygen atoms in total. The number of aromatic amines is 1. The molecule has 1 aliphatic heterocycles. The molecule has 0 radical (unpaired) electrons. The maximum absolute atomic E-state index is 13.2.